The summed E-state index contributed by atoms with van der Waals surface area (Å²) in [7, 11) is 1.77. The van der Waals surface area contributed by atoms with Crippen molar-refractivity contribution in [2.45, 2.75) is 65.6 Å². The first-order valence-corrected chi connectivity index (χ1v) is 8.38. The fourth-order valence-electron chi connectivity index (χ4n) is 2.32. The summed E-state index contributed by atoms with van der Waals surface area (Å²) in [5.74, 6) is 0. The van der Waals surface area contributed by atoms with Crippen molar-refractivity contribution in [3.8, 4) is 0 Å². The Kier molecular flexibility index (Phi) is 7.77. The Balaban J connectivity index is 2.94. The van der Waals surface area contributed by atoms with Gasteiger partial charge in [-0.15, -0.1) is 0 Å². The van der Waals surface area contributed by atoms with Crippen molar-refractivity contribution in [2.24, 2.45) is 0 Å². The Bertz CT molecular complexity index is 406. The Labute approximate surface area is 131 Å². The first kappa shape index (κ1) is 17.7. The van der Waals surface area contributed by atoms with Gasteiger partial charge in [0.15, 0.2) is 0 Å². The summed E-state index contributed by atoms with van der Waals surface area (Å²) in [5.41, 5.74) is 2.41. The maximum absolute atomic E-state index is 5.52. The van der Waals surface area contributed by atoms with Gasteiger partial charge in [0.25, 0.3) is 0 Å². The third kappa shape index (κ3) is 4.30. The van der Waals surface area contributed by atoms with Gasteiger partial charge < -0.3 is 10.1 Å². The number of aromatic nitrogens is 2. The van der Waals surface area contributed by atoms with Gasteiger partial charge in [-0.05, 0) is 49.2 Å². The highest BCUT2D eigenvalue weighted by molar-refractivity contribution is 9.10. The van der Waals surface area contributed by atoms with E-state index in [-0.39, 0.29) is 6.10 Å². The summed E-state index contributed by atoms with van der Waals surface area (Å²) in [6.07, 6.45) is 3.18. The lowest BCUT2D eigenvalue weighted by Gasteiger charge is -2.24. The number of methoxy groups -OCH3 is 1. The molecule has 4 nitrogen and oxygen atoms in total. The van der Waals surface area contributed by atoms with Gasteiger partial charge in [-0.2, -0.15) is 5.10 Å². The number of hydrogen-bond acceptors (Lipinski definition) is 3. The van der Waals surface area contributed by atoms with Crippen molar-refractivity contribution in [1.82, 2.24) is 15.1 Å². The van der Waals surface area contributed by atoms with Crippen molar-refractivity contribution in [3.63, 3.8) is 0 Å². The highest BCUT2D eigenvalue weighted by Crippen LogP contribution is 2.24. The van der Waals surface area contributed by atoms with Crippen LogP contribution in [-0.2, 0) is 24.1 Å². The predicted molar refractivity (Wildman–Crippen MR) is 87.2 cm³/mol. The minimum atomic E-state index is 0.179. The quantitative estimate of drug-likeness (QED) is 0.747. The molecule has 0 spiro atoms. The molecule has 0 aliphatic heterocycles. The van der Waals surface area contributed by atoms with Crippen molar-refractivity contribution >= 4 is 15.9 Å². The summed E-state index contributed by atoms with van der Waals surface area (Å²) in [6.45, 7) is 10.5. The smallest absolute Gasteiger partial charge is 0.0766 e. The third-order valence-electron chi connectivity index (χ3n) is 3.70. The molecule has 0 aromatic carbocycles. The monoisotopic (exact) mass is 345 g/mol. The van der Waals surface area contributed by atoms with Gasteiger partial charge in [0, 0.05) is 26.1 Å². The molecule has 5 heteroatoms. The van der Waals surface area contributed by atoms with E-state index in [0.717, 1.165) is 42.5 Å². The zero-order chi connectivity index (χ0) is 15.1. The topological polar surface area (TPSA) is 39.1 Å². The minimum Gasteiger partial charge on any atom is -0.380 e. The molecular weight excluding hydrogens is 318 g/mol. The standard InChI is InChI=1S/C15H28BrN3O/c1-6-9-17-13(11(4)20-5)10-14-15(16)12(7-2)18-19(14)8-3/h11,13,17H,6-10H2,1-5H3. The van der Waals surface area contributed by atoms with Crippen molar-refractivity contribution in [2.75, 3.05) is 13.7 Å². The van der Waals surface area contributed by atoms with Crippen LogP contribution in [0.2, 0.25) is 0 Å². The normalized spacial score (nSPS) is 14.5. The van der Waals surface area contributed by atoms with Crippen molar-refractivity contribution in [1.29, 1.82) is 0 Å². The molecule has 0 radical (unpaired) electrons. The maximum atomic E-state index is 5.52. The van der Waals surface area contributed by atoms with Crippen LogP contribution >= 0.6 is 15.9 Å². The van der Waals surface area contributed by atoms with Gasteiger partial charge in [-0.25, -0.2) is 0 Å². The van der Waals surface area contributed by atoms with Crippen LogP contribution in [0.15, 0.2) is 4.47 Å². The largest absolute Gasteiger partial charge is 0.380 e. The van der Waals surface area contributed by atoms with E-state index in [4.69, 9.17) is 4.74 Å². The van der Waals surface area contributed by atoms with E-state index >= 15 is 0 Å². The Morgan fingerprint density at radius 3 is 2.55 bits per heavy atom. The van der Waals surface area contributed by atoms with Crippen LogP contribution in [-0.4, -0.2) is 35.6 Å². The van der Waals surface area contributed by atoms with E-state index in [2.05, 4.69) is 58.7 Å². The lowest BCUT2D eigenvalue weighted by molar-refractivity contribution is 0.0823. The van der Waals surface area contributed by atoms with Gasteiger partial charge >= 0.3 is 0 Å². The van der Waals surface area contributed by atoms with Crippen molar-refractivity contribution < 1.29 is 4.74 Å². The molecule has 0 amide bonds. The minimum absolute atomic E-state index is 0.179. The molecule has 2 unspecified atom stereocenters. The molecule has 0 aliphatic rings. The summed E-state index contributed by atoms with van der Waals surface area (Å²) in [6, 6.07) is 0.308. The molecule has 0 aliphatic carbocycles. The van der Waals surface area contributed by atoms with E-state index in [9.17, 15) is 0 Å². The maximum Gasteiger partial charge on any atom is 0.0766 e. The second-order valence-electron chi connectivity index (χ2n) is 5.08. The average Bonchev–Trinajstić information content (AvgIpc) is 2.78. The molecule has 1 aromatic rings. The van der Waals surface area contributed by atoms with Crippen LogP contribution in [0.25, 0.3) is 0 Å². The van der Waals surface area contributed by atoms with Crippen LogP contribution in [0.5, 0.6) is 0 Å². The van der Waals surface area contributed by atoms with Gasteiger partial charge in [-0.3, -0.25) is 4.68 Å². The van der Waals surface area contributed by atoms with Crippen LogP contribution in [0, 0.1) is 0 Å². The summed E-state index contributed by atoms with van der Waals surface area (Å²) in [4.78, 5) is 0. The third-order valence-corrected chi connectivity index (χ3v) is 4.62. The molecule has 0 saturated carbocycles. The van der Waals surface area contributed by atoms with Crippen molar-refractivity contribution in [3.05, 3.63) is 15.9 Å². The van der Waals surface area contributed by atoms with E-state index in [0.29, 0.717) is 6.04 Å². The van der Waals surface area contributed by atoms with E-state index in [1.165, 1.54) is 5.69 Å². The SMILES string of the molecule is CCCNC(Cc1c(Br)c(CC)nn1CC)C(C)OC. The van der Waals surface area contributed by atoms with E-state index < -0.39 is 0 Å². The van der Waals surface area contributed by atoms with Crippen LogP contribution in [0.4, 0.5) is 0 Å². The molecule has 116 valence electrons. The number of halogens is 1. The van der Waals surface area contributed by atoms with E-state index in [1.807, 2.05) is 0 Å². The highest BCUT2D eigenvalue weighted by Gasteiger charge is 2.22. The molecule has 1 aromatic heterocycles. The lowest BCUT2D eigenvalue weighted by Crippen LogP contribution is -2.42. The van der Waals surface area contributed by atoms with E-state index in [1.54, 1.807) is 7.11 Å². The Morgan fingerprint density at radius 2 is 2.05 bits per heavy atom. The number of nitrogens with zero attached hydrogens (tertiary/aromatic N) is 2. The molecule has 0 bridgehead atoms. The van der Waals surface area contributed by atoms with Crippen LogP contribution in [0.1, 0.15) is 45.5 Å². The fourth-order valence-corrected chi connectivity index (χ4v) is 3.04. The molecule has 20 heavy (non-hydrogen) atoms. The summed E-state index contributed by atoms with van der Waals surface area (Å²) in [5, 5.41) is 8.25. The predicted octanol–water partition coefficient (Wildman–Crippen LogP) is 3.17. The van der Waals surface area contributed by atoms with Crippen LogP contribution < -0.4 is 5.32 Å². The molecule has 1 rings (SSSR count). The summed E-state index contributed by atoms with van der Waals surface area (Å²) >= 11 is 3.72. The first-order valence-electron chi connectivity index (χ1n) is 7.59. The number of rotatable bonds is 9. The fraction of sp³-hybridized carbons (Fsp3) is 0.800. The van der Waals surface area contributed by atoms with Gasteiger partial charge in [0.05, 0.1) is 22.0 Å². The van der Waals surface area contributed by atoms with Gasteiger partial charge in [0.2, 0.25) is 0 Å². The second-order valence-corrected chi connectivity index (χ2v) is 5.88. The second kappa shape index (κ2) is 8.80. The summed E-state index contributed by atoms with van der Waals surface area (Å²) < 4.78 is 8.78. The van der Waals surface area contributed by atoms with Gasteiger partial charge in [-0.1, -0.05) is 13.8 Å². The molecule has 0 saturated heterocycles. The average molecular weight is 346 g/mol. The molecule has 1 heterocycles. The zero-order valence-corrected chi connectivity index (χ0v) is 15.0. The Morgan fingerprint density at radius 1 is 1.35 bits per heavy atom. The Hall–Kier alpha value is -0.390. The number of nitrogens with one attached hydrogen (secondary N) is 1. The zero-order valence-electron chi connectivity index (χ0n) is 13.4. The lowest BCUT2D eigenvalue weighted by atomic mass is 10.1. The first-order chi connectivity index (χ1) is 9.58. The number of hydrogen-bond donors (Lipinski definition) is 1. The highest BCUT2D eigenvalue weighted by atomic mass is 79.9. The number of ether oxygens (including phenoxy) is 1. The number of aryl methyl sites for hydroxylation is 2. The molecule has 0 fully saturated rings. The molecule has 1 N–H and O–H groups in total. The van der Waals surface area contributed by atoms with Gasteiger partial charge in [0.1, 0.15) is 0 Å². The van der Waals surface area contributed by atoms with Crippen LogP contribution in [0.3, 0.4) is 0 Å². The molecular formula is C15H28BrN3O. The molecule has 2 atom stereocenters.